The highest BCUT2D eigenvalue weighted by molar-refractivity contribution is 6.59. The van der Waals surface area contributed by atoms with Crippen LogP contribution in [0, 0.1) is 0 Å². The average Bonchev–Trinajstić information content (AvgIpc) is 2.15. The molecular weight excluding hydrogens is 279 g/mol. The van der Waals surface area contributed by atoms with Gasteiger partial charge in [-0.15, -0.1) is 0 Å². The SMILES string of the molecule is CCO[Si](C)(OCC)OC(C)C(F)(F)C(F)(F)F. The molecule has 0 aliphatic rings. The molecule has 0 aromatic rings. The van der Waals surface area contributed by atoms with Gasteiger partial charge in [-0.25, -0.2) is 0 Å². The van der Waals surface area contributed by atoms with Gasteiger partial charge in [-0.3, -0.25) is 0 Å². The second-order valence-corrected chi connectivity index (χ2v) is 6.15. The Hall–Kier alpha value is -0.253. The standard InChI is InChI=1S/C9H17F5O3Si/c1-5-15-18(4,16-6-2)17-7(3)8(10,11)9(12,13)14/h7H,5-6H2,1-4H3. The zero-order chi connectivity index (χ0) is 14.6. The normalized spacial score (nSPS) is 15.8. The van der Waals surface area contributed by atoms with Gasteiger partial charge >= 0.3 is 20.9 Å². The number of hydrogen-bond donors (Lipinski definition) is 0. The highest BCUT2D eigenvalue weighted by Gasteiger charge is 2.63. The van der Waals surface area contributed by atoms with Crippen molar-refractivity contribution in [3.63, 3.8) is 0 Å². The first-order chi connectivity index (χ1) is 8.00. The molecule has 18 heavy (non-hydrogen) atoms. The van der Waals surface area contributed by atoms with Gasteiger partial charge in [0.2, 0.25) is 0 Å². The minimum absolute atomic E-state index is 0.104. The van der Waals surface area contributed by atoms with Crippen LogP contribution in [0.1, 0.15) is 20.8 Å². The first kappa shape index (κ1) is 17.7. The van der Waals surface area contributed by atoms with Crippen molar-refractivity contribution in [3.05, 3.63) is 0 Å². The van der Waals surface area contributed by atoms with Gasteiger partial charge in [0.1, 0.15) is 6.10 Å². The maximum atomic E-state index is 13.0. The molecule has 0 bridgehead atoms. The van der Waals surface area contributed by atoms with Gasteiger partial charge in [0.05, 0.1) is 0 Å². The molecular formula is C9H17F5O3Si. The van der Waals surface area contributed by atoms with E-state index in [1.807, 2.05) is 0 Å². The van der Waals surface area contributed by atoms with Crippen LogP contribution in [0.2, 0.25) is 6.55 Å². The predicted octanol–water partition coefficient (Wildman–Crippen LogP) is 3.23. The zero-order valence-electron chi connectivity index (χ0n) is 10.6. The number of halogens is 5. The molecule has 0 radical (unpaired) electrons. The van der Waals surface area contributed by atoms with Crippen LogP contribution in [-0.4, -0.2) is 40.2 Å². The quantitative estimate of drug-likeness (QED) is 0.533. The van der Waals surface area contributed by atoms with Crippen LogP contribution in [0.4, 0.5) is 22.0 Å². The van der Waals surface area contributed by atoms with Gasteiger partial charge in [-0.05, 0) is 20.8 Å². The Morgan fingerprint density at radius 2 is 1.39 bits per heavy atom. The Kier molecular flexibility index (Phi) is 6.18. The largest absolute Gasteiger partial charge is 0.498 e. The Morgan fingerprint density at radius 3 is 1.67 bits per heavy atom. The molecule has 1 atom stereocenters. The summed E-state index contributed by atoms with van der Waals surface area (Å²) < 4.78 is 77.2. The van der Waals surface area contributed by atoms with Crippen LogP contribution in [0.25, 0.3) is 0 Å². The summed E-state index contributed by atoms with van der Waals surface area (Å²) in [6.45, 7) is 5.28. The average molecular weight is 296 g/mol. The van der Waals surface area contributed by atoms with E-state index in [2.05, 4.69) is 0 Å². The maximum Gasteiger partial charge on any atom is 0.498 e. The molecule has 0 aliphatic carbocycles. The molecule has 0 fully saturated rings. The van der Waals surface area contributed by atoms with E-state index < -0.39 is 27.0 Å². The highest BCUT2D eigenvalue weighted by Crippen LogP contribution is 2.40. The van der Waals surface area contributed by atoms with E-state index in [0.29, 0.717) is 6.92 Å². The van der Waals surface area contributed by atoms with E-state index in [9.17, 15) is 22.0 Å². The van der Waals surface area contributed by atoms with Crippen LogP contribution >= 0.6 is 0 Å². The van der Waals surface area contributed by atoms with Crippen LogP contribution in [0.15, 0.2) is 0 Å². The molecule has 0 aromatic heterocycles. The third-order valence-corrected chi connectivity index (χ3v) is 4.50. The van der Waals surface area contributed by atoms with Crippen molar-refractivity contribution < 1.29 is 35.2 Å². The van der Waals surface area contributed by atoms with Crippen molar-refractivity contribution in [1.29, 1.82) is 0 Å². The Labute approximate surface area is 104 Å². The molecule has 0 saturated carbocycles. The fraction of sp³-hybridized carbons (Fsp3) is 1.00. The molecule has 0 amide bonds. The van der Waals surface area contributed by atoms with E-state index in [1.54, 1.807) is 13.8 Å². The molecule has 9 heteroatoms. The molecule has 0 rings (SSSR count). The summed E-state index contributed by atoms with van der Waals surface area (Å²) in [6.07, 6.45) is -8.03. The van der Waals surface area contributed by atoms with E-state index in [0.717, 1.165) is 0 Å². The lowest BCUT2D eigenvalue weighted by Gasteiger charge is -2.32. The second-order valence-electron chi connectivity index (χ2n) is 3.61. The molecule has 3 nitrogen and oxygen atoms in total. The van der Waals surface area contributed by atoms with Crippen molar-refractivity contribution in [1.82, 2.24) is 0 Å². The molecule has 0 aromatic carbocycles. The number of alkyl halides is 5. The molecule has 0 aliphatic heterocycles. The molecule has 0 spiro atoms. The van der Waals surface area contributed by atoms with Gasteiger partial charge in [0.25, 0.3) is 0 Å². The highest BCUT2D eigenvalue weighted by atomic mass is 28.4. The summed E-state index contributed by atoms with van der Waals surface area (Å²) in [5.41, 5.74) is 0. The first-order valence-corrected chi connectivity index (χ1v) is 7.63. The fourth-order valence-electron chi connectivity index (χ4n) is 1.26. The van der Waals surface area contributed by atoms with Crippen molar-refractivity contribution in [3.8, 4) is 0 Å². The van der Waals surface area contributed by atoms with Crippen LogP contribution < -0.4 is 0 Å². The van der Waals surface area contributed by atoms with Gasteiger partial charge in [-0.2, -0.15) is 22.0 Å². The van der Waals surface area contributed by atoms with Crippen LogP contribution in [-0.2, 0) is 13.3 Å². The summed E-state index contributed by atoms with van der Waals surface area (Å²) in [6, 6.07) is 0. The second kappa shape index (κ2) is 6.26. The minimum atomic E-state index is -5.67. The van der Waals surface area contributed by atoms with Crippen molar-refractivity contribution in [2.75, 3.05) is 13.2 Å². The summed E-state index contributed by atoms with van der Waals surface area (Å²) >= 11 is 0. The monoisotopic (exact) mass is 296 g/mol. The smallest absolute Gasteiger partial charge is 0.374 e. The zero-order valence-corrected chi connectivity index (χ0v) is 11.6. The third kappa shape index (κ3) is 4.45. The molecule has 0 heterocycles. The maximum absolute atomic E-state index is 13.0. The Morgan fingerprint density at radius 1 is 1.00 bits per heavy atom. The lowest BCUT2D eigenvalue weighted by Crippen LogP contribution is -2.54. The van der Waals surface area contributed by atoms with Crippen molar-refractivity contribution in [2.24, 2.45) is 0 Å². The molecule has 110 valence electrons. The summed E-state index contributed by atoms with van der Waals surface area (Å²) in [5.74, 6) is -4.95. The summed E-state index contributed by atoms with van der Waals surface area (Å²) in [4.78, 5) is 0. The van der Waals surface area contributed by atoms with Gasteiger partial charge in [0.15, 0.2) is 0 Å². The van der Waals surface area contributed by atoms with E-state index >= 15 is 0 Å². The topological polar surface area (TPSA) is 27.7 Å². The predicted molar refractivity (Wildman–Crippen MR) is 56.4 cm³/mol. The Balaban J connectivity index is 4.84. The van der Waals surface area contributed by atoms with Crippen molar-refractivity contribution in [2.45, 2.75) is 45.5 Å². The third-order valence-electron chi connectivity index (χ3n) is 2.09. The lowest BCUT2D eigenvalue weighted by atomic mass is 10.2. The number of rotatable bonds is 7. The minimum Gasteiger partial charge on any atom is -0.374 e. The van der Waals surface area contributed by atoms with E-state index in [4.69, 9.17) is 13.3 Å². The van der Waals surface area contributed by atoms with Gasteiger partial charge < -0.3 is 13.3 Å². The first-order valence-electron chi connectivity index (χ1n) is 5.40. The van der Waals surface area contributed by atoms with Crippen molar-refractivity contribution >= 4 is 8.80 Å². The van der Waals surface area contributed by atoms with E-state index in [1.165, 1.54) is 6.55 Å². The molecule has 0 saturated heterocycles. The Bertz CT molecular complexity index is 253. The van der Waals surface area contributed by atoms with E-state index in [-0.39, 0.29) is 13.2 Å². The van der Waals surface area contributed by atoms with Gasteiger partial charge in [0, 0.05) is 19.8 Å². The van der Waals surface area contributed by atoms with Crippen LogP contribution in [0.3, 0.4) is 0 Å². The summed E-state index contributed by atoms with van der Waals surface area (Å²) in [7, 11) is -3.48. The van der Waals surface area contributed by atoms with Crippen LogP contribution in [0.5, 0.6) is 0 Å². The lowest BCUT2D eigenvalue weighted by molar-refractivity contribution is -0.310. The molecule has 1 unspecified atom stereocenters. The number of hydrogen-bond acceptors (Lipinski definition) is 3. The summed E-state index contributed by atoms with van der Waals surface area (Å²) in [5, 5.41) is 0. The molecule has 0 N–H and O–H groups in total. The van der Waals surface area contributed by atoms with Gasteiger partial charge in [-0.1, -0.05) is 0 Å². The fourth-order valence-corrected chi connectivity index (χ4v) is 3.32.